The molecule has 2 rings (SSSR count). The van der Waals surface area contributed by atoms with Gasteiger partial charge in [-0.05, 0) is 32.1 Å². The van der Waals surface area contributed by atoms with E-state index in [9.17, 15) is 8.42 Å². The van der Waals surface area contributed by atoms with Crippen LogP contribution in [0.4, 0.5) is 5.69 Å². The molecule has 0 N–H and O–H groups in total. The van der Waals surface area contributed by atoms with Crippen molar-refractivity contribution >= 4 is 15.9 Å². The summed E-state index contributed by atoms with van der Waals surface area (Å²) in [6, 6.07) is 8.00. The van der Waals surface area contributed by atoms with Gasteiger partial charge in [-0.15, -0.1) is 0 Å². The number of anilines is 1. The van der Waals surface area contributed by atoms with Crippen molar-refractivity contribution in [1.29, 1.82) is 0 Å². The molecule has 0 radical (unpaired) electrons. The summed E-state index contributed by atoms with van der Waals surface area (Å²) in [5.74, 6) is 0. The lowest BCUT2D eigenvalue weighted by molar-refractivity contribution is 0.281. The number of hydrogen-bond acceptors (Lipinski definition) is 3. The first-order valence-corrected chi connectivity index (χ1v) is 7.71. The Hall–Kier alpha value is -1.11. The minimum Gasteiger partial charge on any atom is -0.302 e. The molecule has 1 unspecified atom stereocenters. The van der Waals surface area contributed by atoms with Crippen LogP contribution in [0.1, 0.15) is 18.0 Å². The van der Waals surface area contributed by atoms with E-state index in [1.165, 1.54) is 8.61 Å². The van der Waals surface area contributed by atoms with Gasteiger partial charge in [0.1, 0.15) is 0 Å². The Morgan fingerprint density at radius 1 is 1.16 bits per heavy atom. The van der Waals surface area contributed by atoms with Crippen molar-refractivity contribution in [3.05, 3.63) is 29.8 Å². The second-order valence-corrected chi connectivity index (χ2v) is 7.26. The summed E-state index contributed by atoms with van der Waals surface area (Å²) in [4.78, 5) is 2.14. The highest BCUT2D eigenvalue weighted by atomic mass is 32.2. The average molecular weight is 283 g/mol. The Morgan fingerprint density at radius 3 is 2.37 bits per heavy atom. The van der Waals surface area contributed by atoms with E-state index >= 15 is 0 Å². The van der Waals surface area contributed by atoms with Crippen LogP contribution in [0.15, 0.2) is 24.3 Å². The van der Waals surface area contributed by atoms with Gasteiger partial charge in [0.2, 0.25) is 0 Å². The van der Waals surface area contributed by atoms with E-state index in [0.717, 1.165) is 17.7 Å². The van der Waals surface area contributed by atoms with E-state index in [1.807, 2.05) is 38.4 Å². The van der Waals surface area contributed by atoms with Gasteiger partial charge in [-0.2, -0.15) is 12.7 Å². The molecular formula is C13H21N3O2S. The lowest BCUT2D eigenvalue weighted by atomic mass is 9.97. The van der Waals surface area contributed by atoms with E-state index in [1.54, 1.807) is 14.1 Å². The van der Waals surface area contributed by atoms with Crippen LogP contribution in [0.2, 0.25) is 0 Å². The third-order valence-electron chi connectivity index (χ3n) is 3.53. The molecule has 5 nitrogen and oxygen atoms in total. The standard InChI is InChI=1S/C13H21N3O2S/c1-14(2)12-9-10-16(19(17,18)15(3)4)13-8-6-5-7-11(12)13/h5-8,12H,9-10H2,1-4H3. The molecule has 1 heterocycles. The van der Waals surface area contributed by atoms with Crippen molar-refractivity contribution in [2.75, 3.05) is 39.0 Å². The predicted molar refractivity (Wildman–Crippen MR) is 77.4 cm³/mol. The largest absolute Gasteiger partial charge is 0.303 e. The van der Waals surface area contributed by atoms with Crippen LogP contribution >= 0.6 is 0 Å². The second-order valence-electron chi connectivity index (χ2n) is 5.19. The summed E-state index contributed by atoms with van der Waals surface area (Å²) in [5, 5.41) is 0. The van der Waals surface area contributed by atoms with Crippen molar-refractivity contribution in [2.45, 2.75) is 12.5 Å². The van der Waals surface area contributed by atoms with Crippen LogP contribution in [0, 0.1) is 0 Å². The van der Waals surface area contributed by atoms with Crippen LogP contribution in [-0.2, 0) is 10.2 Å². The van der Waals surface area contributed by atoms with Crippen LogP contribution in [0.25, 0.3) is 0 Å². The number of hydrogen-bond donors (Lipinski definition) is 0. The zero-order chi connectivity index (χ0) is 14.2. The molecule has 0 bridgehead atoms. The van der Waals surface area contributed by atoms with Gasteiger partial charge in [0.25, 0.3) is 0 Å². The molecule has 1 aromatic rings. The number of fused-ring (bicyclic) bond motifs is 1. The lowest BCUT2D eigenvalue weighted by Crippen LogP contribution is -2.44. The van der Waals surface area contributed by atoms with Gasteiger partial charge in [0.15, 0.2) is 0 Å². The van der Waals surface area contributed by atoms with Gasteiger partial charge in [-0.1, -0.05) is 18.2 Å². The quantitative estimate of drug-likeness (QED) is 0.840. The highest BCUT2D eigenvalue weighted by Gasteiger charge is 2.33. The van der Waals surface area contributed by atoms with E-state index in [0.29, 0.717) is 6.54 Å². The van der Waals surface area contributed by atoms with Crippen LogP contribution in [0.5, 0.6) is 0 Å². The smallest absolute Gasteiger partial charge is 0.302 e. The molecule has 0 aliphatic carbocycles. The average Bonchev–Trinajstić information content (AvgIpc) is 2.36. The fourth-order valence-corrected chi connectivity index (χ4v) is 3.63. The first kappa shape index (κ1) is 14.3. The van der Waals surface area contributed by atoms with E-state index in [2.05, 4.69) is 4.90 Å². The molecule has 0 saturated heterocycles. The molecule has 106 valence electrons. The summed E-state index contributed by atoms with van der Waals surface area (Å²) >= 11 is 0. The van der Waals surface area contributed by atoms with E-state index in [-0.39, 0.29) is 6.04 Å². The minimum absolute atomic E-state index is 0.268. The summed E-state index contributed by atoms with van der Waals surface area (Å²) < 4.78 is 27.5. The maximum absolute atomic E-state index is 12.4. The molecule has 0 amide bonds. The topological polar surface area (TPSA) is 43.9 Å². The first-order chi connectivity index (χ1) is 8.85. The summed E-state index contributed by atoms with van der Waals surface area (Å²) in [7, 11) is 3.77. The molecular weight excluding hydrogens is 262 g/mol. The Balaban J connectivity index is 2.50. The van der Waals surface area contributed by atoms with Gasteiger partial charge < -0.3 is 4.90 Å². The van der Waals surface area contributed by atoms with Gasteiger partial charge in [-0.3, -0.25) is 4.31 Å². The fourth-order valence-electron chi connectivity index (χ4n) is 2.49. The molecule has 0 saturated carbocycles. The van der Waals surface area contributed by atoms with Crippen molar-refractivity contribution < 1.29 is 8.42 Å². The van der Waals surface area contributed by atoms with Crippen LogP contribution in [0.3, 0.4) is 0 Å². The molecule has 1 aromatic carbocycles. The van der Waals surface area contributed by atoms with Crippen molar-refractivity contribution in [2.24, 2.45) is 0 Å². The Morgan fingerprint density at radius 2 is 1.79 bits per heavy atom. The molecule has 19 heavy (non-hydrogen) atoms. The zero-order valence-electron chi connectivity index (χ0n) is 11.9. The first-order valence-electron chi connectivity index (χ1n) is 6.31. The number of benzene rings is 1. The molecule has 1 aliphatic heterocycles. The number of para-hydroxylation sites is 1. The Labute approximate surface area is 115 Å². The van der Waals surface area contributed by atoms with Crippen molar-refractivity contribution in [3.8, 4) is 0 Å². The highest BCUT2D eigenvalue weighted by Crippen LogP contribution is 2.37. The fraction of sp³-hybridized carbons (Fsp3) is 0.538. The van der Waals surface area contributed by atoms with Gasteiger partial charge in [0, 0.05) is 26.7 Å². The number of rotatable bonds is 3. The molecule has 6 heteroatoms. The lowest BCUT2D eigenvalue weighted by Gasteiger charge is -2.38. The zero-order valence-corrected chi connectivity index (χ0v) is 12.7. The van der Waals surface area contributed by atoms with Crippen LogP contribution < -0.4 is 4.31 Å². The maximum atomic E-state index is 12.4. The Kier molecular flexibility index (Phi) is 3.85. The van der Waals surface area contributed by atoms with E-state index in [4.69, 9.17) is 0 Å². The molecule has 1 atom stereocenters. The summed E-state index contributed by atoms with van der Waals surface area (Å²) in [6.07, 6.45) is 0.803. The van der Waals surface area contributed by atoms with Gasteiger partial charge in [0.05, 0.1) is 5.69 Å². The second kappa shape index (κ2) is 5.11. The van der Waals surface area contributed by atoms with Crippen LogP contribution in [-0.4, -0.2) is 52.4 Å². The molecule has 0 fully saturated rings. The Bertz CT molecular complexity index is 555. The highest BCUT2D eigenvalue weighted by molar-refractivity contribution is 7.90. The third kappa shape index (κ3) is 2.48. The monoisotopic (exact) mass is 283 g/mol. The van der Waals surface area contributed by atoms with E-state index < -0.39 is 10.2 Å². The number of nitrogens with zero attached hydrogens (tertiary/aromatic N) is 3. The predicted octanol–water partition coefficient (Wildman–Crippen LogP) is 1.31. The molecule has 0 aromatic heterocycles. The van der Waals surface area contributed by atoms with Crippen molar-refractivity contribution in [1.82, 2.24) is 9.21 Å². The van der Waals surface area contributed by atoms with Gasteiger partial charge in [-0.25, -0.2) is 0 Å². The minimum atomic E-state index is -3.41. The maximum Gasteiger partial charge on any atom is 0.303 e. The normalized spacial score (nSPS) is 19.9. The van der Waals surface area contributed by atoms with Gasteiger partial charge >= 0.3 is 10.2 Å². The summed E-state index contributed by atoms with van der Waals surface area (Å²) in [5.41, 5.74) is 1.87. The van der Waals surface area contributed by atoms with Crippen molar-refractivity contribution in [3.63, 3.8) is 0 Å². The molecule has 0 spiro atoms. The summed E-state index contributed by atoms with van der Waals surface area (Å²) in [6.45, 7) is 0.514. The molecule has 1 aliphatic rings. The SMILES string of the molecule is CN(C)C1CCN(S(=O)(=O)N(C)C)c2ccccc21. The third-order valence-corrected chi connectivity index (χ3v) is 5.39.